The van der Waals surface area contributed by atoms with E-state index in [1.54, 1.807) is 0 Å². The summed E-state index contributed by atoms with van der Waals surface area (Å²) in [5, 5.41) is 0.530. The Labute approximate surface area is 134 Å². The van der Waals surface area contributed by atoms with Crippen LogP contribution in [0.4, 0.5) is 13.2 Å². The molecule has 0 aromatic rings. The van der Waals surface area contributed by atoms with Crippen LogP contribution in [0.25, 0.3) is 0 Å². The maximum absolute atomic E-state index is 12.8. The number of thioether (sulfide) groups is 1. The van der Waals surface area contributed by atoms with Gasteiger partial charge in [0.1, 0.15) is 0 Å². The average Bonchev–Trinajstić information content (AvgIpc) is 2.95. The summed E-state index contributed by atoms with van der Waals surface area (Å²) in [6.07, 6.45) is 1.85. The van der Waals surface area contributed by atoms with E-state index < -0.39 is 12.1 Å². The van der Waals surface area contributed by atoms with Gasteiger partial charge in [-0.3, -0.25) is 9.69 Å². The third-order valence-corrected chi connectivity index (χ3v) is 6.06. The fraction of sp³-hybridized carbons (Fsp3) is 0.933. The van der Waals surface area contributed by atoms with Gasteiger partial charge in [0.25, 0.3) is 0 Å². The molecule has 3 nitrogen and oxygen atoms in total. The lowest BCUT2D eigenvalue weighted by Crippen LogP contribution is -2.49. The lowest BCUT2D eigenvalue weighted by atomic mass is 9.97. The van der Waals surface area contributed by atoms with Crippen molar-refractivity contribution in [1.82, 2.24) is 9.80 Å². The average molecular weight is 338 g/mol. The Morgan fingerprint density at radius 3 is 2.64 bits per heavy atom. The Balaban J connectivity index is 1.88. The number of hydrogen-bond donors (Lipinski definition) is 0. The van der Waals surface area contributed by atoms with Crippen molar-refractivity contribution in [3.63, 3.8) is 0 Å². The van der Waals surface area contributed by atoms with Gasteiger partial charge in [-0.25, -0.2) is 0 Å². The molecule has 2 rings (SSSR count). The number of amides is 1. The first-order valence-corrected chi connectivity index (χ1v) is 9.19. The maximum atomic E-state index is 12.8. The van der Waals surface area contributed by atoms with Gasteiger partial charge < -0.3 is 4.90 Å². The third kappa shape index (κ3) is 4.31. The maximum Gasteiger partial charge on any atom is 0.393 e. The minimum Gasteiger partial charge on any atom is -0.341 e. The predicted molar refractivity (Wildman–Crippen MR) is 82.9 cm³/mol. The number of likely N-dealkylation sites (tertiary alicyclic amines) is 1. The van der Waals surface area contributed by atoms with E-state index in [1.165, 1.54) is 4.90 Å². The van der Waals surface area contributed by atoms with Crippen molar-refractivity contribution in [2.45, 2.75) is 49.6 Å². The molecule has 1 amide bonds. The van der Waals surface area contributed by atoms with Gasteiger partial charge in [0.2, 0.25) is 5.91 Å². The number of likely N-dealkylation sites (N-methyl/N-ethyl adjacent to an activating group) is 1. The summed E-state index contributed by atoms with van der Waals surface area (Å²) >= 11 is 1.82. The minimum absolute atomic E-state index is 0.139. The van der Waals surface area contributed by atoms with E-state index in [-0.39, 0.29) is 25.4 Å². The fourth-order valence-electron chi connectivity index (χ4n) is 3.59. The van der Waals surface area contributed by atoms with Crippen molar-refractivity contribution < 1.29 is 18.0 Å². The summed E-state index contributed by atoms with van der Waals surface area (Å²) in [5.74, 6) is -1.52. The lowest BCUT2D eigenvalue weighted by molar-refractivity contribution is -0.188. The summed E-state index contributed by atoms with van der Waals surface area (Å²) in [7, 11) is 1.92. The zero-order valence-corrected chi connectivity index (χ0v) is 14.1. The Bertz CT molecular complexity index is 391. The van der Waals surface area contributed by atoms with E-state index in [4.69, 9.17) is 0 Å². The Morgan fingerprint density at radius 1 is 1.27 bits per heavy atom. The van der Waals surface area contributed by atoms with E-state index in [0.29, 0.717) is 24.3 Å². The number of piperidine rings is 1. The van der Waals surface area contributed by atoms with Gasteiger partial charge in [0.15, 0.2) is 0 Å². The van der Waals surface area contributed by atoms with E-state index >= 15 is 0 Å². The van der Waals surface area contributed by atoms with Crippen LogP contribution in [0.3, 0.4) is 0 Å². The highest BCUT2D eigenvalue weighted by Crippen LogP contribution is 2.34. The summed E-state index contributed by atoms with van der Waals surface area (Å²) in [5.41, 5.74) is 0. The van der Waals surface area contributed by atoms with E-state index in [1.807, 2.05) is 23.7 Å². The summed E-state index contributed by atoms with van der Waals surface area (Å²) in [4.78, 5) is 15.8. The first kappa shape index (κ1) is 17.9. The van der Waals surface area contributed by atoms with Gasteiger partial charge in [0.05, 0.1) is 12.5 Å². The highest BCUT2D eigenvalue weighted by atomic mass is 32.2. The van der Waals surface area contributed by atoms with Crippen molar-refractivity contribution >= 4 is 17.7 Å². The zero-order valence-electron chi connectivity index (χ0n) is 13.2. The Hall–Kier alpha value is -0.430. The number of halogens is 3. The van der Waals surface area contributed by atoms with Crippen LogP contribution in [0.2, 0.25) is 0 Å². The smallest absolute Gasteiger partial charge is 0.341 e. The molecule has 0 radical (unpaired) electrons. The first-order valence-electron chi connectivity index (χ1n) is 7.90. The SMILES string of the molecule is CS[C@@H]1CCC[C@H]1N(C)CC(=O)N1CCC[C@@H](C(F)(F)F)C1. The molecule has 1 saturated carbocycles. The standard InChI is InChI=1S/C15H25F3N2OS/c1-19(12-6-3-7-13(12)22-2)10-14(21)20-8-4-5-11(9-20)15(16,17)18/h11-13H,3-10H2,1-2H3/t11-,12-,13-/m1/s1. The molecule has 0 bridgehead atoms. The molecule has 2 fully saturated rings. The van der Waals surface area contributed by atoms with Crippen molar-refractivity contribution in [3.05, 3.63) is 0 Å². The van der Waals surface area contributed by atoms with Gasteiger partial charge in [-0.2, -0.15) is 24.9 Å². The molecule has 1 heterocycles. The number of rotatable bonds is 4. The largest absolute Gasteiger partial charge is 0.393 e. The number of carbonyl (C=O) groups is 1. The van der Waals surface area contributed by atoms with E-state index in [9.17, 15) is 18.0 Å². The number of hydrogen-bond acceptors (Lipinski definition) is 3. The summed E-state index contributed by atoms with van der Waals surface area (Å²) < 4.78 is 38.5. The Kier molecular flexibility index (Phi) is 6.05. The molecule has 1 aliphatic heterocycles. The van der Waals surface area contributed by atoms with Crippen molar-refractivity contribution in [1.29, 1.82) is 0 Å². The molecule has 0 unspecified atom stereocenters. The summed E-state index contributed by atoms with van der Waals surface area (Å²) in [6.45, 7) is 0.509. The van der Waals surface area contributed by atoms with Crippen LogP contribution in [0.15, 0.2) is 0 Å². The van der Waals surface area contributed by atoms with Gasteiger partial charge in [-0.05, 0) is 39.0 Å². The molecule has 0 aromatic heterocycles. The van der Waals surface area contributed by atoms with Crippen LogP contribution in [0.1, 0.15) is 32.1 Å². The monoisotopic (exact) mass is 338 g/mol. The Morgan fingerprint density at radius 2 is 2.00 bits per heavy atom. The fourth-order valence-corrected chi connectivity index (χ4v) is 4.65. The molecule has 0 aromatic carbocycles. The number of carbonyl (C=O) groups excluding carboxylic acids is 1. The molecular formula is C15H25F3N2OS. The molecule has 1 aliphatic carbocycles. The lowest BCUT2D eigenvalue weighted by Gasteiger charge is -2.36. The molecule has 0 spiro atoms. The second-order valence-electron chi connectivity index (χ2n) is 6.41. The predicted octanol–water partition coefficient (Wildman–Crippen LogP) is 3.00. The molecular weight excluding hydrogens is 313 g/mol. The molecule has 22 heavy (non-hydrogen) atoms. The summed E-state index contributed by atoms with van der Waals surface area (Å²) in [6, 6.07) is 0.363. The second kappa shape index (κ2) is 7.43. The van der Waals surface area contributed by atoms with Gasteiger partial charge in [0, 0.05) is 24.4 Å². The third-order valence-electron chi connectivity index (χ3n) is 4.91. The molecule has 2 aliphatic rings. The van der Waals surface area contributed by atoms with Gasteiger partial charge >= 0.3 is 6.18 Å². The van der Waals surface area contributed by atoms with Crippen molar-refractivity contribution in [2.24, 2.45) is 5.92 Å². The second-order valence-corrected chi connectivity index (χ2v) is 7.48. The minimum atomic E-state index is -4.19. The zero-order chi connectivity index (χ0) is 16.3. The normalized spacial score (nSPS) is 30.1. The molecule has 128 valence electrons. The van der Waals surface area contributed by atoms with Crippen molar-refractivity contribution in [3.8, 4) is 0 Å². The molecule has 7 heteroatoms. The van der Waals surface area contributed by atoms with Crippen LogP contribution in [-0.2, 0) is 4.79 Å². The van der Waals surface area contributed by atoms with Gasteiger partial charge in [-0.1, -0.05) is 6.42 Å². The van der Waals surface area contributed by atoms with Crippen molar-refractivity contribution in [2.75, 3.05) is 32.9 Å². The van der Waals surface area contributed by atoms with Gasteiger partial charge in [-0.15, -0.1) is 0 Å². The van der Waals surface area contributed by atoms with E-state index in [2.05, 4.69) is 6.26 Å². The molecule has 3 atom stereocenters. The van der Waals surface area contributed by atoms with Crippen LogP contribution >= 0.6 is 11.8 Å². The van der Waals surface area contributed by atoms with Crippen LogP contribution in [0.5, 0.6) is 0 Å². The molecule has 1 saturated heterocycles. The first-order chi connectivity index (χ1) is 10.3. The van der Waals surface area contributed by atoms with Crippen LogP contribution in [0, 0.1) is 5.92 Å². The highest BCUT2D eigenvalue weighted by molar-refractivity contribution is 7.99. The topological polar surface area (TPSA) is 23.6 Å². The number of alkyl halides is 3. The highest BCUT2D eigenvalue weighted by Gasteiger charge is 2.43. The quantitative estimate of drug-likeness (QED) is 0.787. The molecule has 0 N–H and O–H groups in total. The van der Waals surface area contributed by atoms with Crippen LogP contribution in [-0.4, -0.2) is 66.1 Å². The van der Waals surface area contributed by atoms with E-state index in [0.717, 1.165) is 19.3 Å². The van der Waals surface area contributed by atoms with Crippen LogP contribution < -0.4 is 0 Å². The number of nitrogens with zero attached hydrogens (tertiary/aromatic N) is 2.